The van der Waals surface area contributed by atoms with Crippen molar-refractivity contribution in [3.63, 3.8) is 0 Å². The van der Waals surface area contributed by atoms with E-state index in [1.54, 1.807) is 18.4 Å². The minimum absolute atomic E-state index is 0.112. The molecule has 0 amide bonds. The summed E-state index contributed by atoms with van der Waals surface area (Å²) in [6.45, 7) is 5.71. The molecule has 1 heterocycles. The van der Waals surface area contributed by atoms with Gasteiger partial charge in [-0.05, 0) is 38.5 Å². The van der Waals surface area contributed by atoms with Gasteiger partial charge in [0.05, 0.1) is 17.3 Å². The Hall–Kier alpha value is -2.01. The molecular weight excluding hydrogens is 278 g/mol. The normalized spacial score (nSPS) is 10.6. The van der Waals surface area contributed by atoms with Crippen LogP contribution in [0.4, 0.5) is 5.82 Å². The van der Waals surface area contributed by atoms with Crippen molar-refractivity contribution in [2.75, 3.05) is 12.3 Å². The number of halogens is 1. The van der Waals surface area contributed by atoms with E-state index in [0.29, 0.717) is 16.5 Å². The second-order valence-corrected chi connectivity index (χ2v) is 4.81. The first-order valence-electron chi connectivity index (χ1n) is 6.24. The molecule has 1 aromatic heterocycles. The van der Waals surface area contributed by atoms with Crippen LogP contribution in [0.1, 0.15) is 28.8 Å². The summed E-state index contributed by atoms with van der Waals surface area (Å²) in [7, 11) is 0. The summed E-state index contributed by atoms with van der Waals surface area (Å²) in [5.74, 6) is 0.276. The van der Waals surface area contributed by atoms with Crippen molar-refractivity contribution in [1.29, 1.82) is 0 Å². The molecule has 20 heavy (non-hydrogen) atoms. The zero-order valence-electron chi connectivity index (χ0n) is 11.6. The highest BCUT2D eigenvalue weighted by Crippen LogP contribution is 2.27. The molecular formula is C14H16ClN3O2. The van der Waals surface area contributed by atoms with E-state index in [1.807, 2.05) is 25.1 Å². The number of carbonyl (C=O) groups excluding carboxylic acids is 1. The molecule has 5 nitrogen and oxygen atoms in total. The van der Waals surface area contributed by atoms with Crippen LogP contribution in [0.3, 0.4) is 0 Å². The number of carbonyl (C=O) groups is 1. The number of hydrogen-bond donors (Lipinski definition) is 1. The Labute approximate surface area is 122 Å². The monoisotopic (exact) mass is 293 g/mol. The molecule has 0 aliphatic heterocycles. The summed E-state index contributed by atoms with van der Waals surface area (Å²) < 4.78 is 6.58. The van der Waals surface area contributed by atoms with Crippen LogP contribution in [0.2, 0.25) is 5.02 Å². The van der Waals surface area contributed by atoms with Crippen LogP contribution >= 0.6 is 11.6 Å². The van der Waals surface area contributed by atoms with Crippen molar-refractivity contribution in [3.8, 4) is 5.69 Å². The summed E-state index contributed by atoms with van der Waals surface area (Å²) in [6, 6.07) is 5.60. The van der Waals surface area contributed by atoms with Gasteiger partial charge in [-0.3, -0.25) is 4.57 Å². The maximum atomic E-state index is 11.8. The Morgan fingerprint density at radius 1 is 1.45 bits per heavy atom. The van der Waals surface area contributed by atoms with E-state index in [9.17, 15) is 4.79 Å². The lowest BCUT2D eigenvalue weighted by molar-refractivity contribution is 0.0521. The van der Waals surface area contributed by atoms with Gasteiger partial charge in [0.1, 0.15) is 11.6 Å². The largest absolute Gasteiger partial charge is 0.461 e. The highest BCUT2D eigenvalue weighted by molar-refractivity contribution is 6.32. The summed E-state index contributed by atoms with van der Waals surface area (Å²) >= 11 is 6.24. The van der Waals surface area contributed by atoms with E-state index in [0.717, 1.165) is 5.56 Å². The standard InChI is InChI=1S/C14H16ClN3O2/c1-4-20-14(19)12-13(16)18(9(3)17-12)11-6-5-8(2)7-10(11)15/h5-7H,4,16H2,1-3H3. The molecule has 0 bridgehead atoms. The fourth-order valence-electron chi connectivity index (χ4n) is 2.00. The number of ether oxygens (including phenoxy) is 1. The number of benzene rings is 1. The molecule has 0 fully saturated rings. The number of esters is 1. The third kappa shape index (κ3) is 2.49. The van der Waals surface area contributed by atoms with Gasteiger partial charge in [-0.2, -0.15) is 0 Å². The zero-order valence-corrected chi connectivity index (χ0v) is 12.4. The minimum atomic E-state index is -0.532. The second-order valence-electron chi connectivity index (χ2n) is 4.40. The van der Waals surface area contributed by atoms with Gasteiger partial charge in [0, 0.05) is 0 Å². The number of rotatable bonds is 3. The summed E-state index contributed by atoms with van der Waals surface area (Å²) in [5.41, 5.74) is 7.86. The summed E-state index contributed by atoms with van der Waals surface area (Å²) in [6.07, 6.45) is 0. The van der Waals surface area contributed by atoms with Gasteiger partial charge in [0.15, 0.2) is 5.69 Å². The average molecular weight is 294 g/mol. The van der Waals surface area contributed by atoms with E-state index in [-0.39, 0.29) is 18.1 Å². The maximum Gasteiger partial charge on any atom is 0.360 e. The molecule has 0 spiro atoms. The first kappa shape index (κ1) is 14.4. The first-order chi connectivity index (χ1) is 9.45. The Morgan fingerprint density at radius 3 is 2.75 bits per heavy atom. The molecule has 106 valence electrons. The molecule has 0 saturated carbocycles. The minimum Gasteiger partial charge on any atom is -0.461 e. The van der Waals surface area contributed by atoms with E-state index in [2.05, 4.69) is 4.98 Å². The lowest BCUT2D eigenvalue weighted by Crippen LogP contribution is -2.09. The number of nitrogen functional groups attached to an aromatic ring is 1. The van der Waals surface area contributed by atoms with Gasteiger partial charge in [0.25, 0.3) is 0 Å². The second kappa shape index (κ2) is 5.54. The van der Waals surface area contributed by atoms with Gasteiger partial charge in [0.2, 0.25) is 0 Å². The Kier molecular flexibility index (Phi) is 3.99. The number of imidazole rings is 1. The van der Waals surface area contributed by atoms with E-state index >= 15 is 0 Å². The zero-order chi connectivity index (χ0) is 14.9. The lowest BCUT2D eigenvalue weighted by atomic mass is 10.2. The molecule has 2 N–H and O–H groups in total. The summed E-state index contributed by atoms with van der Waals surface area (Å²) in [5, 5.41) is 0.549. The van der Waals surface area contributed by atoms with Gasteiger partial charge in [-0.25, -0.2) is 9.78 Å². The van der Waals surface area contributed by atoms with Crippen molar-refractivity contribution in [2.24, 2.45) is 0 Å². The number of aromatic nitrogens is 2. The van der Waals surface area contributed by atoms with Crippen LogP contribution in [0, 0.1) is 13.8 Å². The third-order valence-corrected chi connectivity index (χ3v) is 3.20. The van der Waals surface area contributed by atoms with Gasteiger partial charge >= 0.3 is 5.97 Å². The van der Waals surface area contributed by atoms with E-state index in [4.69, 9.17) is 22.1 Å². The lowest BCUT2D eigenvalue weighted by Gasteiger charge is -2.10. The van der Waals surface area contributed by atoms with Crippen LogP contribution in [0.15, 0.2) is 18.2 Å². The van der Waals surface area contributed by atoms with Crippen LogP contribution < -0.4 is 5.73 Å². The van der Waals surface area contributed by atoms with Crippen molar-refractivity contribution in [1.82, 2.24) is 9.55 Å². The predicted octanol–water partition coefficient (Wildman–Crippen LogP) is 2.90. The summed E-state index contributed by atoms with van der Waals surface area (Å²) in [4.78, 5) is 16.0. The van der Waals surface area contributed by atoms with Gasteiger partial charge < -0.3 is 10.5 Å². The third-order valence-electron chi connectivity index (χ3n) is 2.89. The highest BCUT2D eigenvalue weighted by Gasteiger charge is 2.21. The van der Waals surface area contributed by atoms with Crippen LogP contribution in [-0.4, -0.2) is 22.1 Å². The molecule has 0 atom stereocenters. The fourth-order valence-corrected chi connectivity index (χ4v) is 2.32. The van der Waals surface area contributed by atoms with Gasteiger partial charge in [-0.15, -0.1) is 0 Å². The molecule has 0 unspecified atom stereocenters. The van der Waals surface area contributed by atoms with E-state index < -0.39 is 5.97 Å². The number of aryl methyl sites for hydroxylation is 2. The Morgan fingerprint density at radius 2 is 2.15 bits per heavy atom. The molecule has 0 saturated heterocycles. The molecule has 6 heteroatoms. The van der Waals surface area contributed by atoms with Crippen molar-refractivity contribution in [3.05, 3.63) is 40.3 Å². The molecule has 0 aliphatic rings. The number of hydrogen-bond acceptors (Lipinski definition) is 4. The van der Waals surface area contributed by atoms with Crippen LogP contribution in [0.25, 0.3) is 5.69 Å². The fraction of sp³-hybridized carbons (Fsp3) is 0.286. The van der Waals surface area contributed by atoms with Crippen molar-refractivity contribution < 1.29 is 9.53 Å². The number of nitrogens with zero attached hydrogens (tertiary/aromatic N) is 2. The first-order valence-corrected chi connectivity index (χ1v) is 6.62. The SMILES string of the molecule is CCOC(=O)c1nc(C)n(-c2ccc(C)cc2Cl)c1N. The predicted molar refractivity (Wildman–Crippen MR) is 78.4 cm³/mol. The topological polar surface area (TPSA) is 70.1 Å². The van der Waals surface area contributed by atoms with Crippen LogP contribution in [-0.2, 0) is 4.74 Å². The van der Waals surface area contributed by atoms with Crippen molar-refractivity contribution in [2.45, 2.75) is 20.8 Å². The molecule has 0 aliphatic carbocycles. The number of nitrogens with two attached hydrogens (primary N) is 1. The number of anilines is 1. The van der Waals surface area contributed by atoms with Gasteiger partial charge in [-0.1, -0.05) is 17.7 Å². The maximum absolute atomic E-state index is 11.8. The van der Waals surface area contributed by atoms with Crippen LogP contribution in [0.5, 0.6) is 0 Å². The molecule has 0 radical (unpaired) electrons. The van der Waals surface area contributed by atoms with E-state index in [1.165, 1.54) is 0 Å². The quantitative estimate of drug-likeness (QED) is 0.883. The highest BCUT2D eigenvalue weighted by atomic mass is 35.5. The molecule has 2 aromatic rings. The molecule has 2 rings (SSSR count). The molecule has 1 aromatic carbocycles. The average Bonchev–Trinajstić information content (AvgIpc) is 2.66. The van der Waals surface area contributed by atoms with Crippen molar-refractivity contribution >= 4 is 23.4 Å². The Bertz CT molecular complexity index is 665. The Balaban J connectivity index is 2.55. The smallest absolute Gasteiger partial charge is 0.360 e.